The number of para-hydroxylation sites is 1. The summed E-state index contributed by atoms with van der Waals surface area (Å²) in [5.74, 6) is -0.277. The highest BCUT2D eigenvalue weighted by Gasteiger charge is 2.28. The van der Waals surface area contributed by atoms with Crippen LogP contribution >= 0.6 is 0 Å². The van der Waals surface area contributed by atoms with Gasteiger partial charge in [-0.2, -0.15) is 0 Å². The minimum Gasteiger partial charge on any atom is -0.462 e. The molecule has 0 radical (unpaired) electrons. The van der Waals surface area contributed by atoms with Crippen molar-refractivity contribution in [1.29, 1.82) is 0 Å². The van der Waals surface area contributed by atoms with Crippen LogP contribution in [-0.4, -0.2) is 36.6 Å². The van der Waals surface area contributed by atoms with Crippen LogP contribution in [0, 0.1) is 6.92 Å². The first-order valence-corrected chi connectivity index (χ1v) is 12.0. The first kappa shape index (κ1) is 23.3. The van der Waals surface area contributed by atoms with E-state index in [1.54, 1.807) is 0 Å². The number of rotatable bonds is 9. The molecular weight excluding hydrogens is 414 g/mol. The van der Waals surface area contributed by atoms with E-state index in [0.29, 0.717) is 18.8 Å². The summed E-state index contributed by atoms with van der Waals surface area (Å²) >= 11 is 0. The Balaban J connectivity index is 1.71. The molecule has 0 aliphatic carbocycles. The van der Waals surface area contributed by atoms with Gasteiger partial charge in [0, 0.05) is 18.0 Å². The van der Waals surface area contributed by atoms with Gasteiger partial charge in [0.1, 0.15) is 0 Å². The predicted octanol–water partition coefficient (Wildman–Crippen LogP) is 6.11. The quantitative estimate of drug-likeness (QED) is 0.294. The van der Waals surface area contributed by atoms with Gasteiger partial charge in [0.15, 0.2) is 6.29 Å². The SMILES string of the molecule is CCOC(=O)c1c(CCCOC2CCCCO2)c(C)n(-c2ccccc2)c1-c1ccccc1. The maximum atomic E-state index is 13.2. The van der Waals surface area contributed by atoms with Gasteiger partial charge in [0.25, 0.3) is 0 Å². The summed E-state index contributed by atoms with van der Waals surface area (Å²) in [6.07, 6.45) is 4.65. The van der Waals surface area contributed by atoms with Gasteiger partial charge in [-0.15, -0.1) is 0 Å². The third-order valence-electron chi connectivity index (χ3n) is 6.09. The first-order chi connectivity index (χ1) is 16.2. The molecule has 2 aromatic carbocycles. The van der Waals surface area contributed by atoms with Crippen LogP contribution in [0.15, 0.2) is 60.7 Å². The highest BCUT2D eigenvalue weighted by molar-refractivity contribution is 5.99. The van der Waals surface area contributed by atoms with E-state index in [1.807, 2.05) is 55.5 Å². The fourth-order valence-corrected chi connectivity index (χ4v) is 4.54. The van der Waals surface area contributed by atoms with Crippen LogP contribution < -0.4 is 0 Å². The Bertz CT molecular complexity index is 1040. The Morgan fingerprint density at radius 3 is 2.45 bits per heavy atom. The van der Waals surface area contributed by atoms with E-state index in [1.165, 1.54) is 0 Å². The van der Waals surface area contributed by atoms with Crippen LogP contribution in [-0.2, 0) is 20.6 Å². The lowest BCUT2D eigenvalue weighted by atomic mass is 10.0. The van der Waals surface area contributed by atoms with Crippen molar-refractivity contribution in [3.63, 3.8) is 0 Å². The van der Waals surface area contributed by atoms with Crippen molar-refractivity contribution in [3.8, 4) is 16.9 Å². The molecule has 1 unspecified atom stereocenters. The standard InChI is InChI=1S/C28H33NO4/c1-3-31-28(30)26-24(17-12-20-33-25-18-10-11-19-32-25)21(2)29(23-15-8-5-9-16-23)27(26)22-13-6-4-7-14-22/h4-9,13-16,25H,3,10-12,17-20H2,1-2H3. The Morgan fingerprint density at radius 1 is 1.06 bits per heavy atom. The molecule has 1 aliphatic heterocycles. The third kappa shape index (κ3) is 5.37. The topological polar surface area (TPSA) is 49.7 Å². The monoisotopic (exact) mass is 447 g/mol. The third-order valence-corrected chi connectivity index (χ3v) is 6.09. The molecule has 1 aliphatic rings. The van der Waals surface area contributed by atoms with Crippen molar-refractivity contribution < 1.29 is 19.0 Å². The summed E-state index contributed by atoms with van der Waals surface area (Å²) in [6, 6.07) is 20.3. The lowest BCUT2D eigenvalue weighted by Crippen LogP contribution is -2.22. The molecule has 4 rings (SSSR count). The number of carbonyl (C=O) groups excluding carboxylic acids is 1. The number of ether oxygens (including phenoxy) is 3. The molecule has 0 amide bonds. The number of aromatic nitrogens is 1. The van der Waals surface area contributed by atoms with Crippen LogP contribution in [0.1, 0.15) is 54.2 Å². The number of hydrogen-bond donors (Lipinski definition) is 0. The molecule has 1 aromatic heterocycles. The van der Waals surface area contributed by atoms with E-state index in [-0.39, 0.29) is 12.3 Å². The molecule has 3 aromatic rings. The van der Waals surface area contributed by atoms with Crippen LogP contribution in [0.5, 0.6) is 0 Å². The number of carbonyl (C=O) groups is 1. The minimum absolute atomic E-state index is 0.0989. The summed E-state index contributed by atoms with van der Waals surface area (Å²) in [6.45, 7) is 5.65. The zero-order chi connectivity index (χ0) is 23.0. The molecule has 5 nitrogen and oxygen atoms in total. The van der Waals surface area contributed by atoms with E-state index in [0.717, 1.165) is 66.9 Å². The van der Waals surface area contributed by atoms with Crippen molar-refractivity contribution in [2.24, 2.45) is 0 Å². The lowest BCUT2D eigenvalue weighted by Gasteiger charge is -2.22. The Kier molecular flexibility index (Phi) is 7.97. The molecule has 174 valence electrons. The second-order valence-electron chi connectivity index (χ2n) is 8.32. The molecule has 0 saturated carbocycles. The summed E-state index contributed by atoms with van der Waals surface area (Å²) in [5.41, 5.74) is 5.62. The second-order valence-corrected chi connectivity index (χ2v) is 8.32. The fraction of sp³-hybridized carbons (Fsp3) is 0.393. The molecule has 33 heavy (non-hydrogen) atoms. The van der Waals surface area contributed by atoms with Crippen LogP contribution in [0.3, 0.4) is 0 Å². The van der Waals surface area contributed by atoms with Crippen molar-refractivity contribution in [3.05, 3.63) is 77.5 Å². The normalized spacial score (nSPS) is 16.0. The van der Waals surface area contributed by atoms with Crippen LogP contribution in [0.25, 0.3) is 16.9 Å². The summed E-state index contributed by atoms with van der Waals surface area (Å²) in [4.78, 5) is 13.2. The van der Waals surface area contributed by atoms with Crippen molar-refractivity contribution in [1.82, 2.24) is 4.57 Å². The lowest BCUT2D eigenvalue weighted by molar-refractivity contribution is -0.162. The maximum Gasteiger partial charge on any atom is 0.340 e. The molecule has 0 bridgehead atoms. The van der Waals surface area contributed by atoms with Gasteiger partial charge < -0.3 is 18.8 Å². The Labute approximate surface area is 196 Å². The second kappa shape index (κ2) is 11.3. The maximum absolute atomic E-state index is 13.2. The van der Waals surface area contributed by atoms with Crippen LogP contribution in [0.4, 0.5) is 0 Å². The first-order valence-electron chi connectivity index (χ1n) is 12.0. The number of benzene rings is 2. The Morgan fingerprint density at radius 2 is 1.79 bits per heavy atom. The molecule has 1 atom stereocenters. The smallest absolute Gasteiger partial charge is 0.340 e. The van der Waals surface area contributed by atoms with E-state index < -0.39 is 0 Å². The minimum atomic E-state index is -0.277. The van der Waals surface area contributed by atoms with E-state index >= 15 is 0 Å². The molecule has 1 saturated heterocycles. The van der Waals surface area contributed by atoms with E-state index in [9.17, 15) is 4.79 Å². The summed E-state index contributed by atoms with van der Waals surface area (Å²) in [5, 5.41) is 0. The molecule has 2 heterocycles. The van der Waals surface area contributed by atoms with Crippen molar-refractivity contribution in [2.45, 2.75) is 52.2 Å². The Hall–Kier alpha value is -2.89. The molecule has 1 fully saturated rings. The van der Waals surface area contributed by atoms with Crippen molar-refractivity contribution >= 4 is 5.97 Å². The summed E-state index contributed by atoms with van der Waals surface area (Å²) in [7, 11) is 0. The predicted molar refractivity (Wildman–Crippen MR) is 130 cm³/mol. The van der Waals surface area contributed by atoms with E-state index in [2.05, 4.69) is 23.6 Å². The molecule has 5 heteroatoms. The fourth-order valence-electron chi connectivity index (χ4n) is 4.54. The highest BCUT2D eigenvalue weighted by Crippen LogP contribution is 2.36. The molecular formula is C28H33NO4. The van der Waals surface area contributed by atoms with E-state index in [4.69, 9.17) is 14.2 Å². The average molecular weight is 448 g/mol. The van der Waals surface area contributed by atoms with Gasteiger partial charge >= 0.3 is 5.97 Å². The largest absolute Gasteiger partial charge is 0.462 e. The van der Waals surface area contributed by atoms with Gasteiger partial charge in [-0.3, -0.25) is 0 Å². The van der Waals surface area contributed by atoms with Crippen LogP contribution in [0.2, 0.25) is 0 Å². The number of hydrogen-bond acceptors (Lipinski definition) is 4. The molecule has 0 spiro atoms. The van der Waals surface area contributed by atoms with Gasteiger partial charge in [-0.1, -0.05) is 48.5 Å². The highest BCUT2D eigenvalue weighted by atomic mass is 16.7. The average Bonchev–Trinajstić information content (AvgIpc) is 3.16. The van der Waals surface area contributed by atoms with Gasteiger partial charge in [-0.25, -0.2) is 4.79 Å². The zero-order valence-electron chi connectivity index (χ0n) is 19.6. The molecule has 0 N–H and O–H groups in total. The zero-order valence-corrected chi connectivity index (χ0v) is 19.6. The van der Waals surface area contributed by atoms with Gasteiger partial charge in [-0.05, 0) is 69.2 Å². The number of nitrogens with zero attached hydrogens (tertiary/aromatic N) is 1. The van der Waals surface area contributed by atoms with Gasteiger partial charge in [0.2, 0.25) is 0 Å². The van der Waals surface area contributed by atoms with Gasteiger partial charge in [0.05, 0.1) is 24.5 Å². The number of esters is 1. The van der Waals surface area contributed by atoms with Crippen molar-refractivity contribution in [2.75, 3.05) is 19.8 Å². The summed E-state index contributed by atoms with van der Waals surface area (Å²) < 4.78 is 19.4.